The molecule has 0 atom stereocenters. The number of alkyl halides is 1. The first kappa shape index (κ1) is 9.68. The smallest absolute Gasteiger partial charge is 0.0417 e. The van der Waals surface area contributed by atoms with Crippen molar-refractivity contribution in [1.29, 1.82) is 0 Å². The van der Waals surface area contributed by atoms with E-state index < -0.39 is 0 Å². The number of rotatable bonds is 3. The van der Waals surface area contributed by atoms with Crippen LogP contribution in [0.25, 0.3) is 0 Å². The minimum absolute atomic E-state index is 0.823. The molecule has 0 heterocycles. The molecule has 0 N–H and O–H groups in total. The molecule has 0 aliphatic heterocycles. The molecule has 0 bridgehead atoms. The molecule has 0 fully saturated rings. The first-order valence-corrected chi connectivity index (χ1v) is 6.16. The Morgan fingerprint density at radius 2 is 2.27 bits per heavy atom. The zero-order valence-electron chi connectivity index (χ0n) is 5.89. The second kappa shape index (κ2) is 5.27. The largest absolute Gasteiger partial charge is 0.125 e. The van der Waals surface area contributed by atoms with Gasteiger partial charge in [0.2, 0.25) is 0 Å². The first-order valence-electron chi connectivity index (χ1n) is 3.27. The lowest BCUT2D eigenvalue weighted by molar-refractivity contribution is 1.44. The minimum atomic E-state index is 0.823. The number of halogens is 2. The van der Waals surface area contributed by atoms with E-state index in [9.17, 15) is 0 Å². The van der Waals surface area contributed by atoms with Crippen molar-refractivity contribution in [2.24, 2.45) is 0 Å². The van der Waals surface area contributed by atoms with Crippen LogP contribution in [-0.2, 0) is 0 Å². The summed E-state index contributed by atoms with van der Waals surface area (Å²) in [5.74, 6) is 1.15. The second-order valence-electron chi connectivity index (χ2n) is 1.99. The van der Waals surface area contributed by atoms with Gasteiger partial charge in [-0.3, -0.25) is 0 Å². The highest BCUT2D eigenvalue weighted by Crippen LogP contribution is 2.21. The van der Waals surface area contributed by atoms with Crippen LogP contribution in [0.5, 0.6) is 0 Å². The molecule has 1 rings (SSSR count). The van der Waals surface area contributed by atoms with Gasteiger partial charge in [0.05, 0.1) is 0 Å². The van der Waals surface area contributed by atoms with Crippen LogP contribution in [0.4, 0.5) is 0 Å². The predicted octanol–water partition coefficient (Wildman–Crippen LogP) is 3.87. The molecule has 0 aliphatic rings. The lowest BCUT2D eigenvalue weighted by atomic mass is 10.4. The maximum atomic E-state index is 5.81. The minimum Gasteiger partial charge on any atom is -0.125 e. The Labute approximate surface area is 89.8 Å². The average Bonchev–Trinajstić information content (AvgIpc) is 2.01. The van der Waals surface area contributed by atoms with E-state index in [1.807, 2.05) is 30.0 Å². The quantitative estimate of drug-likeness (QED) is 0.464. The van der Waals surface area contributed by atoms with E-state index >= 15 is 0 Å². The highest BCUT2D eigenvalue weighted by Gasteiger charge is 1.92. The third-order valence-corrected chi connectivity index (χ3v) is 3.64. The highest BCUT2D eigenvalue weighted by atomic mass is 127. The summed E-state index contributed by atoms with van der Waals surface area (Å²) < 4.78 is 1.18. The van der Waals surface area contributed by atoms with Gasteiger partial charge >= 0.3 is 0 Å². The van der Waals surface area contributed by atoms with Gasteiger partial charge < -0.3 is 0 Å². The Balaban J connectivity index is 2.56. The fraction of sp³-hybridized carbons (Fsp3) is 0.250. The van der Waals surface area contributed by atoms with Crippen molar-refractivity contribution >= 4 is 46.0 Å². The van der Waals surface area contributed by atoms with Crippen molar-refractivity contribution in [2.75, 3.05) is 10.2 Å². The number of hydrogen-bond acceptors (Lipinski definition) is 1. The van der Waals surface area contributed by atoms with Gasteiger partial charge in [0.1, 0.15) is 0 Å². The maximum Gasteiger partial charge on any atom is 0.0417 e. The topological polar surface area (TPSA) is 0 Å². The predicted molar refractivity (Wildman–Crippen MR) is 61.1 cm³/mol. The van der Waals surface area contributed by atoms with Gasteiger partial charge in [-0.1, -0.05) is 40.3 Å². The summed E-state index contributed by atoms with van der Waals surface area (Å²) in [6, 6.07) is 7.97. The average molecular weight is 299 g/mol. The lowest BCUT2D eigenvalue weighted by Gasteiger charge is -1.98. The van der Waals surface area contributed by atoms with Crippen molar-refractivity contribution in [3.05, 3.63) is 29.3 Å². The van der Waals surface area contributed by atoms with E-state index in [0.29, 0.717) is 0 Å². The third kappa shape index (κ3) is 3.67. The summed E-state index contributed by atoms with van der Waals surface area (Å²) in [4.78, 5) is 1.26. The molecule has 0 saturated carbocycles. The van der Waals surface area contributed by atoms with Gasteiger partial charge in [-0.2, -0.15) is 0 Å². The Morgan fingerprint density at radius 3 is 2.91 bits per heavy atom. The summed E-state index contributed by atoms with van der Waals surface area (Å²) in [6.07, 6.45) is 0. The fourth-order valence-corrected chi connectivity index (χ4v) is 2.33. The Morgan fingerprint density at radius 1 is 1.45 bits per heavy atom. The molecule has 0 aliphatic carbocycles. The number of hydrogen-bond donors (Lipinski definition) is 0. The van der Waals surface area contributed by atoms with E-state index in [2.05, 4.69) is 28.7 Å². The normalized spacial score (nSPS) is 10.0. The zero-order chi connectivity index (χ0) is 8.10. The number of benzene rings is 1. The summed E-state index contributed by atoms with van der Waals surface area (Å²) in [6.45, 7) is 0. The Kier molecular flexibility index (Phi) is 4.64. The monoisotopic (exact) mass is 298 g/mol. The van der Waals surface area contributed by atoms with Crippen molar-refractivity contribution in [1.82, 2.24) is 0 Å². The van der Waals surface area contributed by atoms with Gasteiger partial charge in [-0.15, -0.1) is 11.8 Å². The van der Waals surface area contributed by atoms with Crippen LogP contribution in [0.2, 0.25) is 5.02 Å². The molecule has 1 aromatic carbocycles. The zero-order valence-corrected chi connectivity index (χ0v) is 9.62. The van der Waals surface area contributed by atoms with Crippen LogP contribution in [0, 0.1) is 0 Å². The highest BCUT2D eigenvalue weighted by molar-refractivity contribution is 14.1. The third-order valence-electron chi connectivity index (χ3n) is 1.14. The van der Waals surface area contributed by atoms with Gasteiger partial charge in [0.25, 0.3) is 0 Å². The van der Waals surface area contributed by atoms with Crippen molar-refractivity contribution < 1.29 is 0 Å². The molecule has 0 amide bonds. The summed E-state index contributed by atoms with van der Waals surface area (Å²) in [5.41, 5.74) is 0. The summed E-state index contributed by atoms with van der Waals surface area (Å²) in [5, 5.41) is 0.823. The molecule has 0 spiro atoms. The van der Waals surface area contributed by atoms with Crippen LogP contribution in [0.3, 0.4) is 0 Å². The van der Waals surface area contributed by atoms with Crippen LogP contribution >= 0.6 is 46.0 Å². The maximum absolute atomic E-state index is 5.81. The van der Waals surface area contributed by atoms with Gasteiger partial charge in [0.15, 0.2) is 0 Å². The van der Waals surface area contributed by atoms with E-state index in [1.54, 1.807) is 0 Å². The molecule has 0 aromatic heterocycles. The van der Waals surface area contributed by atoms with E-state index in [0.717, 1.165) is 10.8 Å². The lowest BCUT2D eigenvalue weighted by Crippen LogP contribution is -1.77. The van der Waals surface area contributed by atoms with E-state index in [4.69, 9.17) is 11.6 Å². The molecular formula is C8H8ClIS. The molecular weight excluding hydrogens is 291 g/mol. The van der Waals surface area contributed by atoms with E-state index in [1.165, 1.54) is 9.32 Å². The fourth-order valence-electron chi connectivity index (χ4n) is 0.713. The summed E-state index contributed by atoms with van der Waals surface area (Å²) in [7, 11) is 0. The van der Waals surface area contributed by atoms with Crippen molar-refractivity contribution in [3.63, 3.8) is 0 Å². The van der Waals surface area contributed by atoms with Gasteiger partial charge in [-0.05, 0) is 18.2 Å². The Hall–Kier alpha value is 0.590. The number of thioether (sulfide) groups is 1. The first-order chi connectivity index (χ1) is 5.33. The van der Waals surface area contributed by atoms with Crippen LogP contribution < -0.4 is 0 Å². The van der Waals surface area contributed by atoms with E-state index in [-0.39, 0.29) is 0 Å². The van der Waals surface area contributed by atoms with Crippen LogP contribution in [0.15, 0.2) is 29.2 Å². The molecule has 0 nitrogen and oxygen atoms in total. The van der Waals surface area contributed by atoms with Gasteiger partial charge in [-0.25, -0.2) is 0 Å². The van der Waals surface area contributed by atoms with Crippen LogP contribution in [0.1, 0.15) is 0 Å². The van der Waals surface area contributed by atoms with Crippen molar-refractivity contribution in [2.45, 2.75) is 4.90 Å². The summed E-state index contributed by atoms with van der Waals surface area (Å²) >= 11 is 10.0. The SMILES string of the molecule is Clc1cccc(SCCI)c1. The molecule has 60 valence electrons. The molecule has 0 unspecified atom stereocenters. The van der Waals surface area contributed by atoms with Gasteiger partial charge in [0, 0.05) is 20.1 Å². The molecule has 0 saturated heterocycles. The standard InChI is InChI=1S/C8H8ClIS/c9-7-2-1-3-8(6-7)11-5-4-10/h1-3,6H,4-5H2. The Bertz CT molecular complexity index is 227. The molecule has 0 radical (unpaired) electrons. The molecule has 3 heteroatoms. The van der Waals surface area contributed by atoms with Crippen LogP contribution in [-0.4, -0.2) is 10.2 Å². The second-order valence-corrected chi connectivity index (χ2v) is 4.68. The molecule has 1 aromatic rings. The molecule has 11 heavy (non-hydrogen) atoms. The van der Waals surface area contributed by atoms with Crippen molar-refractivity contribution in [3.8, 4) is 0 Å².